The molecule has 0 saturated carbocycles. The van der Waals surface area contributed by atoms with Gasteiger partial charge in [-0.15, -0.1) is 0 Å². The van der Waals surface area contributed by atoms with E-state index in [1.807, 2.05) is 6.92 Å². The molecule has 0 aromatic heterocycles. The highest BCUT2D eigenvalue weighted by Gasteiger charge is 2.02. The standard InChI is InChI=1S/C5H11NO2S/c1-3-5-9(7,8)6-4-2/h4,6H,2-3,5H2,1H3. The Kier molecular flexibility index (Phi) is 3.30. The van der Waals surface area contributed by atoms with Gasteiger partial charge in [0.25, 0.3) is 0 Å². The van der Waals surface area contributed by atoms with E-state index in [9.17, 15) is 8.42 Å². The Bertz CT molecular complexity index is 171. The minimum absolute atomic E-state index is 0.166. The van der Waals surface area contributed by atoms with E-state index in [0.717, 1.165) is 0 Å². The molecule has 0 rings (SSSR count). The maximum Gasteiger partial charge on any atom is 0.232 e. The predicted octanol–water partition coefficient (Wildman–Crippen LogP) is 0.459. The average Bonchev–Trinajstić information content (AvgIpc) is 1.64. The molecule has 0 aliphatic heterocycles. The third kappa shape index (κ3) is 4.02. The molecule has 3 nitrogen and oxygen atoms in total. The fourth-order valence-electron chi connectivity index (χ4n) is 0.455. The van der Waals surface area contributed by atoms with Crippen LogP contribution in [0, 0.1) is 0 Å². The van der Waals surface area contributed by atoms with Crippen LogP contribution in [-0.2, 0) is 10.0 Å². The Morgan fingerprint density at radius 1 is 1.67 bits per heavy atom. The monoisotopic (exact) mass is 149 g/mol. The Balaban J connectivity index is 3.88. The molecular weight excluding hydrogens is 138 g/mol. The number of rotatable bonds is 4. The highest BCUT2D eigenvalue weighted by atomic mass is 32.2. The molecule has 0 aliphatic carbocycles. The van der Waals surface area contributed by atoms with Crippen LogP contribution >= 0.6 is 0 Å². The van der Waals surface area contributed by atoms with Crippen molar-refractivity contribution in [2.45, 2.75) is 13.3 Å². The lowest BCUT2D eigenvalue weighted by molar-refractivity contribution is 0.589. The van der Waals surface area contributed by atoms with Crippen LogP contribution in [-0.4, -0.2) is 14.2 Å². The number of hydrogen-bond donors (Lipinski definition) is 1. The van der Waals surface area contributed by atoms with Gasteiger partial charge in [0.2, 0.25) is 10.0 Å². The summed E-state index contributed by atoms with van der Waals surface area (Å²) < 4.78 is 23.5. The van der Waals surface area contributed by atoms with Gasteiger partial charge < -0.3 is 0 Å². The van der Waals surface area contributed by atoms with Crippen LogP contribution in [0.3, 0.4) is 0 Å². The molecule has 0 aromatic carbocycles. The molecule has 1 N–H and O–H groups in total. The van der Waals surface area contributed by atoms with Crippen molar-refractivity contribution in [3.05, 3.63) is 12.8 Å². The lowest BCUT2D eigenvalue weighted by Gasteiger charge is -1.98. The molecule has 0 aromatic rings. The van der Waals surface area contributed by atoms with Gasteiger partial charge in [-0.3, -0.25) is 4.72 Å². The maximum atomic E-state index is 10.6. The molecule has 0 fully saturated rings. The highest BCUT2D eigenvalue weighted by Crippen LogP contribution is 1.86. The Morgan fingerprint density at radius 2 is 2.22 bits per heavy atom. The molecule has 0 unspecified atom stereocenters. The summed E-state index contributed by atoms with van der Waals surface area (Å²) in [5, 5.41) is 0. The van der Waals surface area contributed by atoms with Crippen molar-refractivity contribution >= 4 is 10.0 Å². The molecule has 0 aliphatic rings. The molecule has 0 saturated heterocycles. The summed E-state index contributed by atoms with van der Waals surface area (Å²) in [4.78, 5) is 0. The number of sulfonamides is 1. The van der Waals surface area contributed by atoms with Crippen LogP contribution in [0.5, 0.6) is 0 Å². The Morgan fingerprint density at radius 3 is 2.56 bits per heavy atom. The van der Waals surface area contributed by atoms with Gasteiger partial charge >= 0.3 is 0 Å². The Hall–Kier alpha value is -0.510. The van der Waals surface area contributed by atoms with Gasteiger partial charge in [-0.1, -0.05) is 13.5 Å². The van der Waals surface area contributed by atoms with Crippen molar-refractivity contribution in [1.29, 1.82) is 0 Å². The largest absolute Gasteiger partial charge is 0.291 e. The maximum absolute atomic E-state index is 10.6. The third-order valence-electron chi connectivity index (χ3n) is 0.736. The van der Waals surface area contributed by atoms with Crippen molar-refractivity contribution in [2.75, 3.05) is 5.75 Å². The normalized spacial score (nSPS) is 10.8. The van der Waals surface area contributed by atoms with E-state index >= 15 is 0 Å². The minimum Gasteiger partial charge on any atom is -0.291 e. The second-order valence-corrected chi connectivity index (χ2v) is 3.51. The predicted molar refractivity (Wildman–Crippen MR) is 37.4 cm³/mol. The van der Waals surface area contributed by atoms with E-state index in [0.29, 0.717) is 6.42 Å². The van der Waals surface area contributed by atoms with Crippen molar-refractivity contribution in [3.8, 4) is 0 Å². The van der Waals surface area contributed by atoms with Crippen molar-refractivity contribution in [3.63, 3.8) is 0 Å². The minimum atomic E-state index is -3.05. The molecule has 9 heavy (non-hydrogen) atoms. The van der Waals surface area contributed by atoms with Gasteiger partial charge in [-0.05, 0) is 6.42 Å². The zero-order valence-electron chi connectivity index (χ0n) is 5.42. The van der Waals surface area contributed by atoms with Gasteiger partial charge in [0, 0.05) is 6.20 Å². The van der Waals surface area contributed by atoms with E-state index in [4.69, 9.17) is 0 Å². The van der Waals surface area contributed by atoms with Crippen LogP contribution in [0.15, 0.2) is 12.8 Å². The molecule has 0 radical (unpaired) electrons. The quantitative estimate of drug-likeness (QED) is 0.631. The van der Waals surface area contributed by atoms with Gasteiger partial charge in [0.15, 0.2) is 0 Å². The molecule has 54 valence electrons. The molecule has 0 amide bonds. The SMILES string of the molecule is C=CNS(=O)(=O)CCC. The third-order valence-corrected chi connectivity index (χ3v) is 2.21. The van der Waals surface area contributed by atoms with Crippen LogP contribution in [0.1, 0.15) is 13.3 Å². The first-order chi connectivity index (χ1) is 4.12. The molecule has 0 atom stereocenters. The number of hydrogen-bond acceptors (Lipinski definition) is 2. The first-order valence-electron chi connectivity index (χ1n) is 2.73. The van der Waals surface area contributed by atoms with Crippen molar-refractivity contribution in [1.82, 2.24) is 4.72 Å². The highest BCUT2D eigenvalue weighted by molar-refractivity contribution is 7.89. The van der Waals surface area contributed by atoms with Crippen LogP contribution in [0.4, 0.5) is 0 Å². The van der Waals surface area contributed by atoms with E-state index in [-0.39, 0.29) is 5.75 Å². The summed E-state index contributed by atoms with van der Waals surface area (Å²) in [5.74, 6) is 0.166. The van der Waals surface area contributed by atoms with Gasteiger partial charge in [-0.25, -0.2) is 8.42 Å². The second-order valence-electron chi connectivity index (χ2n) is 1.64. The smallest absolute Gasteiger partial charge is 0.232 e. The van der Waals surface area contributed by atoms with E-state index in [2.05, 4.69) is 11.3 Å². The van der Waals surface area contributed by atoms with Crippen LogP contribution in [0.2, 0.25) is 0 Å². The first kappa shape index (κ1) is 8.49. The summed E-state index contributed by atoms with van der Waals surface area (Å²) >= 11 is 0. The van der Waals surface area contributed by atoms with Crippen LogP contribution in [0.25, 0.3) is 0 Å². The Labute approximate surface area is 55.8 Å². The number of nitrogens with one attached hydrogen (secondary N) is 1. The lowest BCUT2D eigenvalue weighted by Crippen LogP contribution is -2.20. The second kappa shape index (κ2) is 3.50. The van der Waals surface area contributed by atoms with E-state index in [1.54, 1.807) is 0 Å². The van der Waals surface area contributed by atoms with E-state index < -0.39 is 10.0 Å². The molecule has 0 bridgehead atoms. The summed E-state index contributed by atoms with van der Waals surface area (Å²) in [6, 6.07) is 0. The van der Waals surface area contributed by atoms with Gasteiger partial charge in [0.1, 0.15) is 0 Å². The lowest BCUT2D eigenvalue weighted by atomic mass is 10.6. The average molecular weight is 149 g/mol. The summed E-state index contributed by atoms with van der Waals surface area (Å²) in [6.07, 6.45) is 1.80. The zero-order chi connectivity index (χ0) is 7.33. The van der Waals surface area contributed by atoms with Gasteiger partial charge in [0.05, 0.1) is 5.75 Å². The topological polar surface area (TPSA) is 46.2 Å². The molecule has 0 heterocycles. The van der Waals surface area contributed by atoms with Gasteiger partial charge in [-0.2, -0.15) is 0 Å². The molecule has 4 heteroatoms. The first-order valence-corrected chi connectivity index (χ1v) is 4.38. The zero-order valence-corrected chi connectivity index (χ0v) is 6.24. The summed E-state index contributed by atoms with van der Waals surface area (Å²) in [5.41, 5.74) is 0. The summed E-state index contributed by atoms with van der Waals surface area (Å²) in [6.45, 7) is 5.05. The van der Waals surface area contributed by atoms with Crippen molar-refractivity contribution in [2.24, 2.45) is 0 Å². The molecule has 0 spiro atoms. The van der Waals surface area contributed by atoms with E-state index in [1.165, 1.54) is 6.20 Å². The van der Waals surface area contributed by atoms with Crippen LogP contribution < -0.4 is 4.72 Å². The van der Waals surface area contributed by atoms with Crippen molar-refractivity contribution < 1.29 is 8.42 Å². The fourth-order valence-corrected chi connectivity index (χ4v) is 1.36. The molecular formula is C5H11NO2S. The summed E-state index contributed by atoms with van der Waals surface area (Å²) in [7, 11) is -3.05. The fraction of sp³-hybridized carbons (Fsp3) is 0.600.